The molecule has 0 saturated heterocycles. The van der Waals surface area contributed by atoms with E-state index < -0.39 is 12.1 Å². The summed E-state index contributed by atoms with van der Waals surface area (Å²) < 4.78 is 16.8. The molecule has 0 saturated carbocycles. The zero-order chi connectivity index (χ0) is 57.1. The second-order valence-electron chi connectivity index (χ2n) is 19.1. The van der Waals surface area contributed by atoms with Crippen LogP contribution in [0.15, 0.2) is 207 Å². The van der Waals surface area contributed by atoms with Gasteiger partial charge in [0.05, 0.1) is 0 Å². The number of carbonyl (C=O) groups is 3. The lowest BCUT2D eigenvalue weighted by Gasteiger charge is -2.18. The lowest BCUT2D eigenvalue weighted by Crippen LogP contribution is -2.30. The van der Waals surface area contributed by atoms with E-state index in [1.165, 1.54) is 12.8 Å². The Kier molecular flexibility index (Phi) is 59.6. The quantitative estimate of drug-likeness (QED) is 0.0261. The van der Waals surface area contributed by atoms with Crippen LogP contribution in [0, 0.1) is 0 Å². The summed E-state index contributed by atoms with van der Waals surface area (Å²) in [7, 11) is 0. The van der Waals surface area contributed by atoms with Gasteiger partial charge in [-0.15, -0.1) is 0 Å². The van der Waals surface area contributed by atoms with Crippen LogP contribution in [0.25, 0.3) is 0 Å². The average molecular weight is 1080 g/mol. The second-order valence-corrected chi connectivity index (χ2v) is 19.1. The van der Waals surface area contributed by atoms with Crippen molar-refractivity contribution in [1.82, 2.24) is 0 Å². The third-order valence-corrected chi connectivity index (χ3v) is 11.8. The Bertz CT molecular complexity index is 1960. The molecule has 0 rings (SSSR count). The Hall–Kier alpha value is -6.01. The van der Waals surface area contributed by atoms with E-state index in [9.17, 15) is 14.4 Å². The number of ether oxygens (including phenoxy) is 3. The van der Waals surface area contributed by atoms with Crippen molar-refractivity contribution in [3.63, 3.8) is 0 Å². The Labute approximate surface area is 483 Å². The fourth-order valence-corrected chi connectivity index (χ4v) is 7.33. The highest BCUT2D eigenvalue weighted by Gasteiger charge is 2.19. The van der Waals surface area contributed by atoms with E-state index in [0.717, 1.165) is 148 Å². The Morgan fingerprint density at radius 2 is 0.494 bits per heavy atom. The van der Waals surface area contributed by atoms with E-state index in [1.807, 2.05) is 12.2 Å². The number of allylic oxidation sites excluding steroid dienone is 34. The molecule has 0 radical (unpaired) electrons. The molecule has 1 atom stereocenters. The van der Waals surface area contributed by atoms with Crippen molar-refractivity contribution in [3.05, 3.63) is 207 Å². The van der Waals surface area contributed by atoms with Crippen molar-refractivity contribution < 1.29 is 28.6 Å². The highest BCUT2D eigenvalue weighted by Crippen LogP contribution is 2.12. The zero-order valence-corrected chi connectivity index (χ0v) is 49.8. The number of hydrogen-bond donors (Lipinski definition) is 0. The van der Waals surface area contributed by atoms with Crippen molar-refractivity contribution in [2.45, 2.75) is 219 Å². The molecule has 0 aromatic heterocycles. The summed E-state index contributed by atoms with van der Waals surface area (Å²) in [5, 5.41) is 0. The van der Waals surface area contributed by atoms with Crippen LogP contribution in [0.1, 0.15) is 213 Å². The Morgan fingerprint density at radius 3 is 0.810 bits per heavy atom. The summed E-state index contributed by atoms with van der Waals surface area (Å²) in [6.07, 6.45) is 99.8. The average Bonchev–Trinajstić information content (AvgIpc) is 3.45. The molecule has 0 aliphatic rings. The molecule has 0 aromatic carbocycles. The first-order valence-electron chi connectivity index (χ1n) is 30.6. The van der Waals surface area contributed by atoms with Gasteiger partial charge in [-0.3, -0.25) is 14.4 Å². The second kappa shape index (κ2) is 64.5. The van der Waals surface area contributed by atoms with Gasteiger partial charge in [0.25, 0.3) is 0 Å². The molecular formula is C73H108O6. The monoisotopic (exact) mass is 1080 g/mol. The predicted octanol–water partition coefficient (Wildman–Crippen LogP) is 21.2. The van der Waals surface area contributed by atoms with Gasteiger partial charge in [-0.05, 0) is 148 Å². The van der Waals surface area contributed by atoms with Gasteiger partial charge < -0.3 is 14.2 Å². The van der Waals surface area contributed by atoms with Gasteiger partial charge in [0.2, 0.25) is 0 Å². The lowest BCUT2D eigenvalue weighted by molar-refractivity contribution is -0.166. The summed E-state index contributed by atoms with van der Waals surface area (Å²) >= 11 is 0. The van der Waals surface area contributed by atoms with Crippen LogP contribution in [0.2, 0.25) is 0 Å². The molecule has 0 aromatic rings. The van der Waals surface area contributed by atoms with E-state index in [-0.39, 0.29) is 38.0 Å². The summed E-state index contributed by atoms with van der Waals surface area (Å²) in [5.74, 6) is -1.12. The topological polar surface area (TPSA) is 78.9 Å². The maximum Gasteiger partial charge on any atom is 0.306 e. The molecule has 0 fully saturated rings. The lowest BCUT2D eigenvalue weighted by atomic mass is 10.1. The van der Waals surface area contributed by atoms with Gasteiger partial charge >= 0.3 is 17.9 Å². The van der Waals surface area contributed by atoms with Crippen LogP contribution in [-0.4, -0.2) is 37.2 Å². The van der Waals surface area contributed by atoms with Gasteiger partial charge in [-0.1, -0.05) is 253 Å². The molecule has 0 aliphatic heterocycles. The van der Waals surface area contributed by atoms with Gasteiger partial charge in [0, 0.05) is 19.3 Å². The predicted molar refractivity (Wildman–Crippen MR) is 343 cm³/mol. The highest BCUT2D eigenvalue weighted by molar-refractivity contribution is 5.71. The number of hydrogen-bond acceptors (Lipinski definition) is 6. The summed E-state index contributed by atoms with van der Waals surface area (Å²) in [4.78, 5) is 38.3. The minimum Gasteiger partial charge on any atom is -0.462 e. The third-order valence-electron chi connectivity index (χ3n) is 11.8. The largest absolute Gasteiger partial charge is 0.462 e. The van der Waals surface area contributed by atoms with Crippen LogP contribution in [0.4, 0.5) is 0 Å². The fraction of sp³-hybridized carbons (Fsp3) is 0.493. The third kappa shape index (κ3) is 62.7. The molecule has 0 amide bonds. The molecule has 6 nitrogen and oxygen atoms in total. The molecule has 1 unspecified atom stereocenters. The maximum absolute atomic E-state index is 12.9. The first-order chi connectivity index (χ1) is 39.0. The number of unbranched alkanes of at least 4 members (excludes halogenated alkanes) is 7. The van der Waals surface area contributed by atoms with Crippen molar-refractivity contribution in [2.24, 2.45) is 0 Å². The smallest absolute Gasteiger partial charge is 0.306 e. The van der Waals surface area contributed by atoms with Crippen molar-refractivity contribution >= 4 is 17.9 Å². The first-order valence-corrected chi connectivity index (χ1v) is 30.6. The molecule has 0 N–H and O–H groups in total. The highest BCUT2D eigenvalue weighted by atomic mass is 16.6. The van der Waals surface area contributed by atoms with Crippen LogP contribution < -0.4 is 0 Å². The molecule has 0 bridgehead atoms. The van der Waals surface area contributed by atoms with Crippen LogP contribution in [0.3, 0.4) is 0 Å². The number of rotatable bonds is 52. The Balaban J connectivity index is 4.67. The van der Waals surface area contributed by atoms with E-state index in [1.54, 1.807) is 0 Å². The van der Waals surface area contributed by atoms with Crippen LogP contribution in [0.5, 0.6) is 0 Å². The normalized spacial score (nSPS) is 13.6. The van der Waals surface area contributed by atoms with E-state index in [2.05, 4.69) is 215 Å². The van der Waals surface area contributed by atoms with Crippen molar-refractivity contribution in [2.75, 3.05) is 13.2 Å². The SMILES string of the molecule is CC/C=C\C/C=C\C/C=C\C/C=C\C/C=C\C/C=C\C/C=C\CCCC(=O)OCC(COC(=O)CCCCCCCC/C=C\C/C=C\C/C=C\C/C=C\CC)OC(=O)CC/C=C\C/C=C\C/C=C\C/C=C\C/C=C\C/C=C\CC. The first kappa shape index (κ1) is 73.0. The number of carbonyl (C=O) groups excluding carboxylic acids is 3. The molecule has 436 valence electrons. The standard InChI is InChI=1S/C73H108O6/c1-4-7-10-13-16-19-22-25-28-31-34-35-36-37-40-42-45-48-51-54-57-60-63-66-72(75)78-69-70(79-73(76)67-64-61-58-55-52-49-46-43-39-33-30-27-24-21-18-15-12-9-6-3)68-77-71(74)65-62-59-56-53-50-47-44-41-38-32-29-26-23-20-17-14-11-8-5-2/h7-12,16-21,25-30,34-35,37-41,43,45,48-49,52,54,57-58,61,70H,4-6,13-15,22-24,31-33,36,42,44,46-47,50-51,53,55-56,59-60,62-69H2,1-3H3/b10-7-,11-8-,12-9-,19-16-,20-17-,21-18-,28-25-,29-26-,30-27-,35-34-,40-37-,41-38-,43-39-,48-45-,52-49-,57-54-,61-58-. The van der Waals surface area contributed by atoms with E-state index in [4.69, 9.17) is 14.2 Å². The molecule has 6 heteroatoms. The fourth-order valence-electron chi connectivity index (χ4n) is 7.33. The zero-order valence-electron chi connectivity index (χ0n) is 49.8. The van der Waals surface area contributed by atoms with Gasteiger partial charge in [-0.25, -0.2) is 0 Å². The van der Waals surface area contributed by atoms with Crippen molar-refractivity contribution in [3.8, 4) is 0 Å². The molecule has 0 aliphatic carbocycles. The molecule has 0 heterocycles. The van der Waals surface area contributed by atoms with E-state index in [0.29, 0.717) is 19.3 Å². The van der Waals surface area contributed by atoms with E-state index >= 15 is 0 Å². The van der Waals surface area contributed by atoms with Gasteiger partial charge in [0.15, 0.2) is 6.10 Å². The molecule has 79 heavy (non-hydrogen) atoms. The van der Waals surface area contributed by atoms with Crippen molar-refractivity contribution in [1.29, 1.82) is 0 Å². The summed E-state index contributed by atoms with van der Waals surface area (Å²) in [6.45, 7) is 6.15. The minimum absolute atomic E-state index is 0.146. The Morgan fingerprint density at radius 1 is 0.253 bits per heavy atom. The maximum atomic E-state index is 12.9. The summed E-state index contributed by atoms with van der Waals surface area (Å²) in [6, 6.07) is 0. The minimum atomic E-state index is -0.864. The van der Waals surface area contributed by atoms with Gasteiger partial charge in [0.1, 0.15) is 13.2 Å². The van der Waals surface area contributed by atoms with Crippen LogP contribution in [-0.2, 0) is 28.6 Å². The molecular weight excluding hydrogens is 973 g/mol. The number of esters is 3. The van der Waals surface area contributed by atoms with Crippen LogP contribution >= 0.6 is 0 Å². The summed E-state index contributed by atoms with van der Waals surface area (Å²) in [5.41, 5.74) is 0. The van der Waals surface area contributed by atoms with Gasteiger partial charge in [-0.2, -0.15) is 0 Å². The molecule has 0 spiro atoms.